The Morgan fingerprint density at radius 1 is 1.09 bits per heavy atom. The minimum Gasteiger partial charge on any atom is -0.292 e. The molecule has 0 fully saturated rings. The summed E-state index contributed by atoms with van der Waals surface area (Å²) in [6.07, 6.45) is 0. The number of hydrogen-bond donors (Lipinski definition) is 0. The Labute approximate surface area is 133 Å². The first kappa shape index (κ1) is 14.5. The Kier molecular flexibility index (Phi) is 4.06. The number of carbonyl (C=O) groups excluding carboxylic acids is 1. The Morgan fingerprint density at radius 2 is 1.77 bits per heavy atom. The molecule has 0 bridgehead atoms. The summed E-state index contributed by atoms with van der Waals surface area (Å²) in [5.41, 5.74) is 1.22. The predicted octanol–water partition coefficient (Wildman–Crippen LogP) is 3.12. The molecular formula is C15H10BrFN4O. The predicted molar refractivity (Wildman–Crippen MR) is 81.7 cm³/mol. The van der Waals surface area contributed by atoms with E-state index in [1.54, 1.807) is 0 Å². The van der Waals surface area contributed by atoms with Crippen LogP contribution in [0.3, 0.4) is 0 Å². The Balaban J connectivity index is 1.75. The average molecular weight is 361 g/mol. The van der Waals surface area contributed by atoms with Gasteiger partial charge in [-0.2, -0.15) is 4.80 Å². The normalized spacial score (nSPS) is 10.6. The molecule has 0 saturated heterocycles. The molecule has 22 heavy (non-hydrogen) atoms. The van der Waals surface area contributed by atoms with Gasteiger partial charge in [-0.15, -0.1) is 10.2 Å². The van der Waals surface area contributed by atoms with Crippen LogP contribution in [0.1, 0.15) is 10.4 Å². The summed E-state index contributed by atoms with van der Waals surface area (Å²) in [6.45, 7) is -0.0465. The zero-order valence-electron chi connectivity index (χ0n) is 11.3. The van der Waals surface area contributed by atoms with E-state index in [0.29, 0.717) is 11.4 Å². The zero-order valence-corrected chi connectivity index (χ0v) is 12.9. The number of benzene rings is 2. The molecule has 1 aromatic heterocycles. The molecule has 0 radical (unpaired) electrons. The number of hydrogen-bond acceptors (Lipinski definition) is 4. The second-order valence-electron chi connectivity index (χ2n) is 4.58. The average Bonchev–Trinajstić information content (AvgIpc) is 2.97. The summed E-state index contributed by atoms with van der Waals surface area (Å²) in [4.78, 5) is 13.3. The van der Waals surface area contributed by atoms with Gasteiger partial charge < -0.3 is 0 Å². The number of carbonyl (C=O) groups is 1. The van der Waals surface area contributed by atoms with Crippen molar-refractivity contribution in [2.75, 3.05) is 0 Å². The number of halogens is 2. The second-order valence-corrected chi connectivity index (χ2v) is 5.50. The summed E-state index contributed by atoms with van der Waals surface area (Å²) in [6, 6.07) is 12.8. The lowest BCUT2D eigenvalue weighted by atomic mass is 10.1. The van der Waals surface area contributed by atoms with Gasteiger partial charge in [0, 0.05) is 15.6 Å². The number of aromatic nitrogens is 4. The Bertz CT molecular complexity index is 799. The number of rotatable bonds is 4. The molecule has 0 aliphatic rings. The van der Waals surface area contributed by atoms with Crippen molar-refractivity contribution in [3.8, 4) is 11.4 Å². The number of nitrogens with zero attached hydrogens (tertiary/aromatic N) is 4. The lowest BCUT2D eigenvalue weighted by molar-refractivity contribution is 0.0961. The van der Waals surface area contributed by atoms with Gasteiger partial charge in [0.1, 0.15) is 12.4 Å². The van der Waals surface area contributed by atoms with Crippen LogP contribution >= 0.6 is 15.9 Å². The van der Waals surface area contributed by atoms with Crippen LogP contribution in [0.4, 0.5) is 4.39 Å². The highest BCUT2D eigenvalue weighted by atomic mass is 79.9. The van der Waals surface area contributed by atoms with Gasteiger partial charge in [-0.05, 0) is 53.7 Å². The Morgan fingerprint density at radius 3 is 2.45 bits per heavy atom. The van der Waals surface area contributed by atoms with Gasteiger partial charge in [-0.25, -0.2) is 4.39 Å². The third kappa shape index (κ3) is 3.25. The molecule has 0 aliphatic carbocycles. The molecule has 0 spiro atoms. The van der Waals surface area contributed by atoms with Crippen molar-refractivity contribution in [3.05, 3.63) is 64.4 Å². The standard InChI is InChI=1S/C15H10BrFN4O/c16-12-5-1-11(2-6-12)15-18-20-21(19-15)9-14(22)10-3-7-13(17)8-4-10/h1-8H,9H2. The van der Waals surface area contributed by atoms with E-state index in [4.69, 9.17) is 0 Å². The molecule has 0 N–H and O–H groups in total. The molecule has 3 rings (SSSR count). The highest BCUT2D eigenvalue weighted by Gasteiger charge is 2.11. The molecule has 3 aromatic rings. The van der Waals surface area contributed by atoms with Crippen molar-refractivity contribution in [2.24, 2.45) is 0 Å². The largest absolute Gasteiger partial charge is 0.292 e. The van der Waals surface area contributed by atoms with Gasteiger partial charge >= 0.3 is 0 Å². The summed E-state index contributed by atoms with van der Waals surface area (Å²) in [5.74, 6) is -0.146. The number of ketones is 1. The molecule has 0 saturated carbocycles. The Hall–Kier alpha value is -2.41. The van der Waals surface area contributed by atoms with E-state index in [0.717, 1.165) is 10.0 Å². The highest BCUT2D eigenvalue weighted by Crippen LogP contribution is 2.17. The van der Waals surface area contributed by atoms with Gasteiger partial charge in [0.15, 0.2) is 5.78 Å². The fourth-order valence-corrected chi connectivity index (χ4v) is 2.14. The lowest BCUT2D eigenvalue weighted by Gasteiger charge is -1.99. The maximum atomic E-state index is 12.8. The fourth-order valence-electron chi connectivity index (χ4n) is 1.88. The molecule has 2 aromatic carbocycles. The first-order valence-corrected chi connectivity index (χ1v) is 7.23. The van der Waals surface area contributed by atoms with E-state index in [9.17, 15) is 9.18 Å². The van der Waals surface area contributed by atoms with E-state index in [2.05, 4.69) is 31.3 Å². The second kappa shape index (κ2) is 6.15. The van der Waals surface area contributed by atoms with E-state index in [-0.39, 0.29) is 18.1 Å². The van der Waals surface area contributed by atoms with Gasteiger partial charge in [0.05, 0.1) is 0 Å². The summed E-state index contributed by atoms with van der Waals surface area (Å²) in [5, 5.41) is 12.0. The molecular weight excluding hydrogens is 351 g/mol. The van der Waals surface area contributed by atoms with Crippen LogP contribution in [0, 0.1) is 5.82 Å². The summed E-state index contributed by atoms with van der Waals surface area (Å²) in [7, 11) is 0. The molecule has 7 heteroatoms. The van der Waals surface area contributed by atoms with E-state index in [1.165, 1.54) is 29.1 Å². The van der Waals surface area contributed by atoms with Crippen molar-refractivity contribution in [1.29, 1.82) is 0 Å². The van der Waals surface area contributed by atoms with Gasteiger partial charge in [-0.1, -0.05) is 15.9 Å². The van der Waals surface area contributed by atoms with Crippen LogP contribution in [0.15, 0.2) is 53.0 Å². The quantitative estimate of drug-likeness (QED) is 0.670. The van der Waals surface area contributed by atoms with Gasteiger partial charge in [0.25, 0.3) is 0 Å². The van der Waals surface area contributed by atoms with Crippen molar-refractivity contribution in [2.45, 2.75) is 6.54 Å². The molecule has 5 nitrogen and oxygen atoms in total. The first-order chi connectivity index (χ1) is 10.6. The van der Waals surface area contributed by atoms with Crippen molar-refractivity contribution < 1.29 is 9.18 Å². The first-order valence-electron chi connectivity index (χ1n) is 6.44. The smallest absolute Gasteiger partial charge is 0.204 e. The summed E-state index contributed by atoms with van der Waals surface area (Å²) < 4.78 is 13.8. The maximum Gasteiger partial charge on any atom is 0.204 e. The van der Waals surface area contributed by atoms with Gasteiger partial charge in [-0.3, -0.25) is 4.79 Å². The van der Waals surface area contributed by atoms with Crippen LogP contribution in [0.5, 0.6) is 0 Å². The van der Waals surface area contributed by atoms with Crippen LogP contribution in [-0.4, -0.2) is 26.0 Å². The van der Waals surface area contributed by atoms with Crippen molar-refractivity contribution in [3.63, 3.8) is 0 Å². The fraction of sp³-hybridized carbons (Fsp3) is 0.0667. The van der Waals surface area contributed by atoms with Crippen molar-refractivity contribution in [1.82, 2.24) is 20.2 Å². The minimum absolute atomic E-state index is 0.0465. The summed E-state index contributed by atoms with van der Waals surface area (Å²) >= 11 is 3.35. The monoisotopic (exact) mass is 360 g/mol. The van der Waals surface area contributed by atoms with Crippen LogP contribution in [0.2, 0.25) is 0 Å². The molecule has 0 aliphatic heterocycles. The zero-order chi connectivity index (χ0) is 15.5. The molecule has 1 heterocycles. The third-order valence-corrected chi connectivity index (χ3v) is 3.54. The number of tetrazole rings is 1. The SMILES string of the molecule is O=C(Cn1nnc(-c2ccc(Br)cc2)n1)c1ccc(F)cc1. The van der Waals surface area contributed by atoms with Gasteiger partial charge in [0.2, 0.25) is 5.82 Å². The van der Waals surface area contributed by atoms with E-state index < -0.39 is 0 Å². The molecule has 0 amide bonds. The topological polar surface area (TPSA) is 60.7 Å². The van der Waals surface area contributed by atoms with Crippen LogP contribution < -0.4 is 0 Å². The van der Waals surface area contributed by atoms with E-state index in [1.807, 2.05) is 24.3 Å². The maximum absolute atomic E-state index is 12.8. The number of Topliss-reactive ketones (excluding diaryl/α,β-unsaturated/α-hetero) is 1. The third-order valence-electron chi connectivity index (χ3n) is 3.01. The van der Waals surface area contributed by atoms with Crippen LogP contribution in [0.25, 0.3) is 11.4 Å². The molecule has 110 valence electrons. The molecule has 0 unspecified atom stereocenters. The van der Waals surface area contributed by atoms with Crippen molar-refractivity contribution >= 4 is 21.7 Å². The molecule has 0 atom stereocenters. The van der Waals surface area contributed by atoms with E-state index >= 15 is 0 Å². The lowest BCUT2D eigenvalue weighted by Crippen LogP contribution is -2.13. The minimum atomic E-state index is -0.382. The highest BCUT2D eigenvalue weighted by molar-refractivity contribution is 9.10. The van der Waals surface area contributed by atoms with Crippen LogP contribution in [-0.2, 0) is 6.54 Å².